The molecule has 2 fully saturated rings. The van der Waals surface area contributed by atoms with E-state index in [0.29, 0.717) is 11.3 Å². The highest BCUT2D eigenvalue weighted by Gasteiger charge is 2.52. The molecule has 1 atom stereocenters. The number of aryl methyl sites for hydroxylation is 1. The number of carboxylic acid groups (broad SMARTS) is 1. The summed E-state index contributed by atoms with van der Waals surface area (Å²) < 4.78 is 50.8. The van der Waals surface area contributed by atoms with Gasteiger partial charge in [-0.2, -0.15) is 0 Å². The quantitative estimate of drug-likeness (QED) is 0.535. The van der Waals surface area contributed by atoms with E-state index in [1.165, 1.54) is 17.0 Å². The molecule has 196 valence electrons. The average molecular weight is 513 g/mol. The normalized spacial score (nSPS) is 21.1. The van der Waals surface area contributed by atoms with Crippen LogP contribution in [-0.2, 0) is 20.5 Å². The maximum absolute atomic E-state index is 15.7. The zero-order chi connectivity index (χ0) is 26.7. The van der Waals surface area contributed by atoms with Crippen molar-refractivity contribution in [2.45, 2.75) is 58.3 Å². The van der Waals surface area contributed by atoms with Crippen LogP contribution in [0.5, 0.6) is 0 Å². The Balaban J connectivity index is 1.55. The Kier molecular flexibility index (Phi) is 6.28. The monoisotopic (exact) mass is 513 g/mol. The highest BCUT2D eigenvalue weighted by Crippen LogP contribution is 2.37. The van der Waals surface area contributed by atoms with E-state index in [9.17, 15) is 9.90 Å². The van der Waals surface area contributed by atoms with E-state index < -0.39 is 42.2 Å². The summed E-state index contributed by atoms with van der Waals surface area (Å²) in [4.78, 5) is 17.4. The second-order valence-electron chi connectivity index (χ2n) is 10.7. The number of amides is 1. The number of nitrogens with zero attached hydrogens (tertiary/aromatic N) is 3. The van der Waals surface area contributed by atoms with Crippen LogP contribution in [0.25, 0.3) is 16.9 Å². The number of carbonyl (C=O) groups is 1. The number of rotatable bonds is 4. The largest absolute Gasteiger partial charge is 0.495 e. The average Bonchev–Trinajstić information content (AvgIpc) is 3.25. The Morgan fingerprint density at radius 3 is 2.43 bits per heavy atom. The lowest BCUT2D eigenvalue weighted by molar-refractivity contribution is -0.0214. The second-order valence-corrected chi connectivity index (χ2v) is 10.7. The molecular weight excluding hydrogens is 483 g/mol. The van der Waals surface area contributed by atoms with Crippen LogP contribution in [0.3, 0.4) is 0 Å². The molecule has 0 spiro atoms. The van der Waals surface area contributed by atoms with Crippen molar-refractivity contribution in [3.8, 4) is 11.3 Å². The number of imidazole rings is 1. The van der Waals surface area contributed by atoms with Gasteiger partial charge in [-0.1, -0.05) is 0 Å². The Hall–Kier alpha value is -3.02. The maximum atomic E-state index is 15.7. The number of ether oxygens (including phenoxy) is 1. The number of hydrogen-bond acceptors (Lipinski definition) is 5. The van der Waals surface area contributed by atoms with Crippen molar-refractivity contribution in [3.05, 3.63) is 53.4 Å². The van der Waals surface area contributed by atoms with Gasteiger partial charge in [0, 0.05) is 19.2 Å². The molecule has 5 rings (SSSR count). The van der Waals surface area contributed by atoms with Gasteiger partial charge in [-0.05, 0) is 69.9 Å². The molecule has 3 aromatic rings. The summed E-state index contributed by atoms with van der Waals surface area (Å²) in [5.41, 5.74) is 0.835. The molecule has 0 radical (unpaired) electrons. The first-order valence-corrected chi connectivity index (χ1v) is 12.3. The Morgan fingerprint density at radius 2 is 1.81 bits per heavy atom. The first-order chi connectivity index (χ1) is 17.4. The highest BCUT2D eigenvalue weighted by atomic mass is 19.1. The zero-order valence-corrected chi connectivity index (χ0v) is 21.5. The minimum Gasteiger partial charge on any atom is -0.465 e. The van der Waals surface area contributed by atoms with E-state index in [0.717, 1.165) is 5.56 Å². The zero-order valence-electron chi connectivity index (χ0n) is 21.5. The number of morpholine rings is 1. The Labute approximate surface area is 214 Å². The number of fused-ring (bicyclic) bond motifs is 1. The van der Waals surface area contributed by atoms with Crippen molar-refractivity contribution >= 4 is 24.3 Å². The summed E-state index contributed by atoms with van der Waals surface area (Å²) in [6.45, 7) is 10.1. The molecule has 0 aliphatic carbocycles. The first kappa shape index (κ1) is 25.6. The van der Waals surface area contributed by atoms with Gasteiger partial charge in [0.25, 0.3) is 0 Å². The van der Waals surface area contributed by atoms with Gasteiger partial charge in [-0.3, -0.25) is 0 Å². The summed E-state index contributed by atoms with van der Waals surface area (Å²) in [5.74, 6) is -1.58. The summed E-state index contributed by atoms with van der Waals surface area (Å²) in [5, 5.41) is 9.40. The summed E-state index contributed by atoms with van der Waals surface area (Å²) in [6, 6.07) is 6.15. The predicted molar refractivity (Wildman–Crippen MR) is 134 cm³/mol. The molecule has 0 bridgehead atoms. The third-order valence-corrected chi connectivity index (χ3v) is 7.54. The predicted octanol–water partition coefficient (Wildman–Crippen LogP) is 3.81. The lowest BCUT2D eigenvalue weighted by Crippen LogP contribution is -2.45. The fraction of sp³-hybridized carbons (Fsp3) is 0.462. The van der Waals surface area contributed by atoms with E-state index in [2.05, 4.69) is 4.98 Å². The Bertz CT molecular complexity index is 1340. The standard InChI is InChI=1S/C26H30BF2N3O5/c1-15-6-7-32-20(13-17-14-31(24(33)34)8-9-35-17)23(30-21(32)10-15)22-18(28)11-16(12-19(22)29)27-36-25(2,3)26(4,5)37-27/h6-7,10-12,17H,8-9,13-14H2,1-5H3,(H,33,34). The van der Waals surface area contributed by atoms with Crippen LogP contribution in [0, 0.1) is 18.6 Å². The van der Waals surface area contributed by atoms with Crippen LogP contribution in [0.1, 0.15) is 39.0 Å². The maximum Gasteiger partial charge on any atom is 0.495 e. The van der Waals surface area contributed by atoms with Gasteiger partial charge in [-0.25, -0.2) is 18.6 Å². The minimum absolute atomic E-state index is 0.150. The number of hydrogen-bond donors (Lipinski definition) is 1. The molecule has 8 nitrogen and oxygen atoms in total. The fourth-order valence-electron chi connectivity index (χ4n) is 4.76. The molecule has 1 aromatic carbocycles. The molecule has 1 N–H and O–H groups in total. The SMILES string of the molecule is Cc1ccn2c(CC3CN(C(=O)O)CCO3)c(-c3c(F)cc(B4OC(C)(C)C(C)(C)O4)cc3F)nc2c1. The van der Waals surface area contributed by atoms with Crippen LogP contribution in [-0.4, -0.2) is 69.6 Å². The molecular formula is C26H30BF2N3O5. The van der Waals surface area contributed by atoms with Crippen LogP contribution in [0.15, 0.2) is 30.5 Å². The molecule has 2 saturated heterocycles. The van der Waals surface area contributed by atoms with E-state index in [4.69, 9.17) is 14.0 Å². The van der Waals surface area contributed by atoms with Crippen molar-refractivity contribution in [2.24, 2.45) is 0 Å². The van der Waals surface area contributed by atoms with E-state index >= 15 is 8.78 Å². The van der Waals surface area contributed by atoms with Gasteiger partial charge in [-0.15, -0.1) is 0 Å². The summed E-state index contributed by atoms with van der Waals surface area (Å²) >= 11 is 0. The van der Waals surface area contributed by atoms with Crippen molar-refractivity contribution in [2.75, 3.05) is 19.7 Å². The molecule has 0 saturated carbocycles. The van der Waals surface area contributed by atoms with Crippen molar-refractivity contribution in [1.82, 2.24) is 14.3 Å². The van der Waals surface area contributed by atoms with Gasteiger partial charge < -0.3 is 28.5 Å². The van der Waals surface area contributed by atoms with Crippen molar-refractivity contribution < 1.29 is 32.7 Å². The third-order valence-electron chi connectivity index (χ3n) is 7.54. The van der Waals surface area contributed by atoms with Crippen LogP contribution in [0.2, 0.25) is 0 Å². The molecule has 4 heterocycles. The highest BCUT2D eigenvalue weighted by molar-refractivity contribution is 6.62. The molecule has 1 unspecified atom stereocenters. The molecule has 2 aliphatic rings. The molecule has 1 amide bonds. The van der Waals surface area contributed by atoms with E-state index in [1.54, 1.807) is 10.6 Å². The van der Waals surface area contributed by atoms with Gasteiger partial charge in [0.05, 0.1) is 47.4 Å². The topological polar surface area (TPSA) is 85.5 Å². The van der Waals surface area contributed by atoms with Gasteiger partial charge in [0.1, 0.15) is 17.3 Å². The number of benzene rings is 1. The summed E-state index contributed by atoms with van der Waals surface area (Å²) in [6.07, 6.45) is 0.502. The van der Waals surface area contributed by atoms with E-state index in [-0.39, 0.29) is 42.8 Å². The fourth-order valence-corrected chi connectivity index (χ4v) is 4.76. The first-order valence-electron chi connectivity index (χ1n) is 12.3. The van der Waals surface area contributed by atoms with Gasteiger partial charge in [0.2, 0.25) is 0 Å². The molecule has 11 heteroatoms. The Morgan fingerprint density at radius 1 is 1.16 bits per heavy atom. The van der Waals surface area contributed by atoms with Crippen molar-refractivity contribution in [1.29, 1.82) is 0 Å². The smallest absolute Gasteiger partial charge is 0.465 e. The van der Waals surface area contributed by atoms with Crippen LogP contribution < -0.4 is 5.46 Å². The lowest BCUT2D eigenvalue weighted by Gasteiger charge is -2.32. The van der Waals surface area contributed by atoms with Gasteiger partial charge in [0.15, 0.2) is 0 Å². The van der Waals surface area contributed by atoms with Crippen molar-refractivity contribution in [3.63, 3.8) is 0 Å². The minimum atomic E-state index is -1.03. The molecule has 37 heavy (non-hydrogen) atoms. The molecule has 2 aromatic heterocycles. The van der Waals surface area contributed by atoms with E-state index in [1.807, 2.05) is 46.8 Å². The lowest BCUT2D eigenvalue weighted by atomic mass is 9.78. The number of aromatic nitrogens is 2. The second kappa shape index (κ2) is 9.07. The summed E-state index contributed by atoms with van der Waals surface area (Å²) in [7, 11) is -0.913. The molecule has 2 aliphatic heterocycles. The van der Waals surface area contributed by atoms with Crippen LogP contribution >= 0.6 is 0 Å². The number of halogens is 2. The third kappa shape index (κ3) is 4.60. The van der Waals surface area contributed by atoms with Crippen LogP contribution in [0.4, 0.5) is 13.6 Å². The number of pyridine rings is 1. The van der Waals surface area contributed by atoms with Gasteiger partial charge >= 0.3 is 13.2 Å².